The van der Waals surface area contributed by atoms with Crippen LogP contribution in [-0.4, -0.2) is 40.3 Å². The number of rotatable bonds is 5. The number of aliphatic hydroxyl groups excluding tert-OH is 1. The second-order valence-corrected chi connectivity index (χ2v) is 6.56. The van der Waals surface area contributed by atoms with Crippen molar-refractivity contribution in [2.24, 2.45) is 0 Å². The van der Waals surface area contributed by atoms with Gasteiger partial charge in [-0.3, -0.25) is 14.6 Å². The van der Waals surface area contributed by atoms with E-state index in [2.05, 4.69) is 4.98 Å². The average Bonchev–Trinajstić information content (AvgIpc) is 2.93. The number of pyridine rings is 1. The molecule has 1 unspecified atom stereocenters. The van der Waals surface area contributed by atoms with Crippen LogP contribution >= 0.6 is 11.6 Å². The van der Waals surface area contributed by atoms with Crippen LogP contribution in [0.1, 0.15) is 30.5 Å². The molecule has 1 aromatic heterocycles. The summed E-state index contributed by atoms with van der Waals surface area (Å²) < 4.78 is 5.28. The molecule has 7 heteroatoms. The maximum absolute atomic E-state index is 12.8. The van der Waals surface area contributed by atoms with Gasteiger partial charge >= 0.3 is 0 Å². The molecule has 0 spiro atoms. The van der Waals surface area contributed by atoms with E-state index in [9.17, 15) is 14.7 Å². The van der Waals surface area contributed by atoms with Crippen molar-refractivity contribution in [2.45, 2.75) is 19.4 Å². The Morgan fingerprint density at radius 3 is 2.74 bits per heavy atom. The van der Waals surface area contributed by atoms with Gasteiger partial charge in [-0.15, -0.1) is 0 Å². The highest BCUT2D eigenvalue weighted by atomic mass is 35.5. The molecular formula is C20H19ClN2O4. The molecule has 1 saturated heterocycles. The first-order chi connectivity index (χ1) is 13.0. The molecule has 2 aromatic rings. The molecule has 1 aliphatic heterocycles. The molecule has 2 heterocycles. The van der Waals surface area contributed by atoms with Gasteiger partial charge in [0, 0.05) is 24.0 Å². The Hall–Kier alpha value is -2.86. The highest BCUT2D eigenvalue weighted by molar-refractivity contribution is 6.46. The third-order valence-corrected chi connectivity index (χ3v) is 4.66. The summed E-state index contributed by atoms with van der Waals surface area (Å²) in [6, 6.07) is 7.49. The van der Waals surface area contributed by atoms with Crippen LogP contribution in [-0.2, 0) is 9.59 Å². The molecule has 1 aliphatic rings. The van der Waals surface area contributed by atoms with Crippen molar-refractivity contribution in [1.82, 2.24) is 9.88 Å². The summed E-state index contributed by atoms with van der Waals surface area (Å²) in [5.74, 6) is -1.35. The minimum Gasteiger partial charge on any atom is -0.507 e. The van der Waals surface area contributed by atoms with E-state index in [1.54, 1.807) is 36.7 Å². The number of hydrogen-bond acceptors (Lipinski definition) is 5. The zero-order valence-corrected chi connectivity index (χ0v) is 15.7. The summed E-state index contributed by atoms with van der Waals surface area (Å²) in [4.78, 5) is 30.9. The number of aromatic nitrogens is 1. The first-order valence-corrected chi connectivity index (χ1v) is 8.89. The summed E-state index contributed by atoms with van der Waals surface area (Å²) in [5.41, 5.74) is 0.906. The number of benzene rings is 1. The van der Waals surface area contributed by atoms with E-state index in [1.807, 2.05) is 6.92 Å². The summed E-state index contributed by atoms with van der Waals surface area (Å²) >= 11 is 6.06. The highest BCUT2D eigenvalue weighted by Crippen LogP contribution is 2.41. The molecule has 0 bridgehead atoms. The van der Waals surface area contributed by atoms with Gasteiger partial charge < -0.3 is 14.7 Å². The molecular weight excluding hydrogens is 368 g/mol. The number of carbonyl (C=O) groups is 2. The van der Waals surface area contributed by atoms with Gasteiger partial charge in [-0.05, 0) is 36.2 Å². The Balaban J connectivity index is 2.24. The number of amides is 1. The van der Waals surface area contributed by atoms with E-state index in [4.69, 9.17) is 16.3 Å². The lowest BCUT2D eigenvalue weighted by Gasteiger charge is -2.24. The average molecular weight is 387 g/mol. The highest BCUT2D eigenvalue weighted by Gasteiger charge is 2.46. The number of nitrogens with zero attached hydrogens (tertiary/aromatic N) is 2. The van der Waals surface area contributed by atoms with E-state index in [0.717, 1.165) is 0 Å². The molecule has 1 fully saturated rings. The number of likely N-dealkylation sites (tertiary alicyclic amines) is 1. The van der Waals surface area contributed by atoms with Gasteiger partial charge in [0.15, 0.2) is 0 Å². The first-order valence-electron chi connectivity index (χ1n) is 8.51. The number of methoxy groups -OCH3 is 1. The Kier molecular flexibility index (Phi) is 5.46. The lowest BCUT2D eigenvalue weighted by molar-refractivity contribution is -0.139. The Labute approximate surface area is 162 Å². The molecule has 1 atom stereocenters. The van der Waals surface area contributed by atoms with Crippen molar-refractivity contribution in [3.8, 4) is 5.75 Å². The van der Waals surface area contributed by atoms with Crippen LogP contribution in [0.2, 0.25) is 5.02 Å². The van der Waals surface area contributed by atoms with Crippen molar-refractivity contribution in [1.29, 1.82) is 0 Å². The van der Waals surface area contributed by atoms with Crippen LogP contribution in [0.15, 0.2) is 48.3 Å². The minimum absolute atomic E-state index is 0.00187. The van der Waals surface area contributed by atoms with Crippen molar-refractivity contribution >= 4 is 29.1 Å². The standard InChI is InChI=1S/C20H19ClN2O4/c1-3-9-23-17(12-5-4-8-22-11-12)16(19(25)20(23)26)18(24)14-10-13(21)6-7-15(14)27-2/h4-8,10-11,17,24H,3,9H2,1-2H3/b18-16+. The van der Waals surface area contributed by atoms with Crippen LogP contribution in [0.25, 0.3) is 5.76 Å². The van der Waals surface area contributed by atoms with E-state index in [-0.39, 0.29) is 16.9 Å². The van der Waals surface area contributed by atoms with Crippen LogP contribution in [0.3, 0.4) is 0 Å². The minimum atomic E-state index is -0.739. The summed E-state index contributed by atoms with van der Waals surface area (Å²) in [6.45, 7) is 2.30. The van der Waals surface area contributed by atoms with E-state index >= 15 is 0 Å². The molecule has 27 heavy (non-hydrogen) atoms. The van der Waals surface area contributed by atoms with Crippen molar-refractivity contribution in [2.75, 3.05) is 13.7 Å². The number of ether oxygens (including phenoxy) is 1. The maximum Gasteiger partial charge on any atom is 0.295 e. The third-order valence-electron chi connectivity index (χ3n) is 4.42. The number of halogens is 1. The molecule has 6 nitrogen and oxygen atoms in total. The van der Waals surface area contributed by atoms with E-state index in [1.165, 1.54) is 18.1 Å². The normalized spacial score (nSPS) is 18.8. The lowest BCUT2D eigenvalue weighted by atomic mass is 9.96. The van der Waals surface area contributed by atoms with Crippen molar-refractivity contribution < 1.29 is 19.4 Å². The molecule has 0 saturated carbocycles. The van der Waals surface area contributed by atoms with E-state index in [0.29, 0.717) is 29.3 Å². The quantitative estimate of drug-likeness (QED) is 0.482. The Morgan fingerprint density at radius 2 is 2.11 bits per heavy atom. The predicted molar refractivity (Wildman–Crippen MR) is 102 cm³/mol. The molecule has 1 N–H and O–H groups in total. The van der Waals surface area contributed by atoms with Gasteiger partial charge in [0.25, 0.3) is 11.7 Å². The number of ketones is 1. The van der Waals surface area contributed by atoms with Gasteiger partial charge in [-0.1, -0.05) is 24.6 Å². The monoisotopic (exact) mass is 386 g/mol. The van der Waals surface area contributed by atoms with Crippen LogP contribution < -0.4 is 4.74 Å². The van der Waals surface area contributed by atoms with Crippen molar-refractivity contribution in [3.63, 3.8) is 0 Å². The fraction of sp³-hybridized carbons (Fsp3) is 0.250. The molecule has 140 valence electrons. The largest absolute Gasteiger partial charge is 0.507 e. The Morgan fingerprint density at radius 1 is 1.33 bits per heavy atom. The zero-order valence-electron chi connectivity index (χ0n) is 15.0. The van der Waals surface area contributed by atoms with E-state index < -0.39 is 17.7 Å². The van der Waals surface area contributed by atoms with Gasteiger partial charge in [-0.25, -0.2) is 0 Å². The smallest absolute Gasteiger partial charge is 0.295 e. The molecule has 1 amide bonds. The fourth-order valence-electron chi connectivity index (χ4n) is 3.25. The van der Waals surface area contributed by atoms with Gasteiger partial charge in [-0.2, -0.15) is 0 Å². The van der Waals surface area contributed by atoms with Gasteiger partial charge in [0.1, 0.15) is 11.5 Å². The second kappa shape index (κ2) is 7.80. The summed E-state index contributed by atoms with van der Waals surface area (Å²) in [7, 11) is 1.45. The number of carbonyl (C=O) groups excluding carboxylic acids is 2. The molecule has 1 aromatic carbocycles. The third kappa shape index (κ3) is 3.40. The first kappa shape index (κ1) is 18.9. The zero-order chi connectivity index (χ0) is 19.6. The number of aliphatic hydroxyl groups is 1. The molecule has 0 radical (unpaired) electrons. The SMILES string of the molecule is CCCN1C(=O)C(=O)/C(=C(/O)c2cc(Cl)ccc2OC)C1c1cccnc1. The lowest BCUT2D eigenvalue weighted by Crippen LogP contribution is -2.30. The second-order valence-electron chi connectivity index (χ2n) is 6.12. The number of hydrogen-bond donors (Lipinski definition) is 1. The maximum atomic E-state index is 12.8. The molecule has 3 rings (SSSR count). The van der Waals surface area contributed by atoms with Gasteiger partial charge in [0.05, 0.1) is 24.3 Å². The summed E-state index contributed by atoms with van der Waals surface area (Å²) in [5, 5.41) is 11.4. The molecule has 0 aliphatic carbocycles. The predicted octanol–water partition coefficient (Wildman–Crippen LogP) is 3.58. The Bertz CT molecular complexity index is 911. The van der Waals surface area contributed by atoms with Crippen LogP contribution in [0, 0.1) is 0 Å². The summed E-state index contributed by atoms with van der Waals surface area (Å²) in [6.07, 6.45) is 3.86. The van der Waals surface area contributed by atoms with Gasteiger partial charge in [0.2, 0.25) is 0 Å². The van der Waals surface area contributed by atoms with Crippen LogP contribution in [0.4, 0.5) is 0 Å². The fourth-order valence-corrected chi connectivity index (χ4v) is 3.42. The van der Waals surface area contributed by atoms with Crippen molar-refractivity contribution in [3.05, 3.63) is 64.4 Å². The number of Topliss-reactive ketones (excluding diaryl/α,β-unsaturated/α-hetero) is 1. The topological polar surface area (TPSA) is 79.7 Å². The van der Waals surface area contributed by atoms with Crippen LogP contribution in [0.5, 0.6) is 5.75 Å².